The Morgan fingerprint density at radius 2 is 2.14 bits per heavy atom. The summed E-state index contributed by atoms with van der Waals surface area (Å²) in [5, 5.41) is 28.5. The highest BCUT2D eigenvalue weighted by atomic mass is 16.5. The first-order chi connectivity index (χ1) is 13.8. The molecule has 2 aromatic rings. The minimum absolute atomic E-state index is 0.115. The number of rotatable bonds is 9. The number of fused-ring (bicyclic) bond motifs is 1. The lowest BCUT2D eigenvalue weighted by molar-refractivity contribution is -0.868. The third kappa shape index (κ3) is 5.07. The van der Waals surface area contributed by atoms with Gasteiger partial charge in [0.1, 0.15) is 18.1 Å². The van der Waals surface area contributed by atoms with Crippen LogP contribution in [0.15, 0.2) is 48.0 Å². The summed E-state index contributed by atoms with van der Waals surface area (Å²) >= 11 is 0. The number of pyridine rings is 1. The lowest BCUT2D eigenvalue weighted by Gasteiger charge is -2.25. The average molecular weight is 401 g/mol. The summed E-state index contributed by atoms with van der Waals surface area (Å²) in [6.45, 7) is 1.72. The van der Waals surface area contributed by atoms with Crippen molar-refractivity contribution in [3.63, 3.8) is 0 Å². The predicted octanol–water partition coefficient (Wildman–Crippen LogP) is 1.00. The number of nitrogens with zero attached hydrogens (tertiary/aromatic N) is 3. The van der Waals surface area contributed by atoms with Gasteiger partial charge in [-0.25, -0.2) is 4.52 Å². The third-order valence-electron chi connectivity index (χ3n) is 4.52. The van der Waals surface area contributed by atoms with Gasteiger partial charge in [-0.1, -0.05) is 6.07 Å². The van der Waals surface area contributed by atoms with Gasteiger partial charge in [-0.3, -0.25) is 5.41 Å². The minimum Gasteiger partial charge on any atom is -0.489 e. The fraction of sp³-hybridized carbons (Fsp3) is 0.400. The van der Waals surface area contributed by atoms with Crippen LogP contribution in [-0.4, -0.2) is 78.4 Å². The van der Waals surface area contributed by atoms with Crippen LogP contribution in [0.25, 0.3) is 5.52 Å². The van der Waals surface area contributed by atoms with Crippen molar-refractivity contribution in [1.82, 2.24) is 9.61 Å². The van der Waals surface area contributed by atoms with E-state index in [1.54, 1.807) is 12.2 Å². The largest absolute Gasteiger partial charge is 0.489 e. The molecule has 1 unspecified atom stereocenters. The molecule has 3 rings (SSSR count). The Kier molecular flexibility index (Phi) is 6.09. The van der Waals surface area contributed by atoms with Crippen molar-refractivity contribution >= 4 is 22.7 Å². The highest BCUT2D eigenvalue weighted by molar-refractivity contribution is 6.06. The van der Waals surface area contributed by atoms with Gasteiger partial charge in [-0.05, 0) is 24.3 Å². The van der Waals surface area contributed by atoms with Crippen molar-refractivity contribution in [3.8, 4) is 0 Å². The number of aliphatic hydroxyl groups excluding tert-OH is 1. The number of aliphatic hydroxyl groups is 1. The molecule has 0 saturated carbocycles. The van der Waals surface area contributed by atoms with E-state index >= 15 is 0 Å². The van der Waals surface area contributed by atoms with Crippen LogP contribution in [0.3, 0.4) is 0 Å². The molecule has 0 aromatic carbocycles. The number of anilines is 2. The van der Waals surface area contributed by atoms with Crippen LogP contribution in [0.5, 0.6) is 0 Å². The van der Waals surface area contributed by atoms with Gasteiger partial charge in [0.25, 0.3) is 0 Å². The second kappa shape index (κ2) is 8.54. The number of nitrogens with two attached hydrogens (primary N) is 1. The van der Waals surface area contributed by atoms with E-state index in [0.717, 1.165) is 34.6 Å². The van der Waals surface area contributed by atoms with Crippen LogP contribution in [0.1, 0.15) is 0 Å². The maximum Gasteiger partial charge on any atom is 0.172 e. The molecule has 0 aliphatic heterocycles. The number of allylic oxidation sites excluding steroid dienone is 1. The van der Waals surface area contributed by atoms with Crippen LogP contribution in [0.4, 0.5) is 11.5 Å². The molecule has 0 bridgehead atoms. The van der Waals surface area contributed by atoms with E-state index in [1.165, 1.54) is 0 Å². The minimum atomic E-state index is -0.357. The quantitative estimate of drug-likeness (QED) is 0.401. The van der Waals surface area contributed by atoms with Crippen molar-refractivity contribution < 1.29 is 14.3 Å². The van der Waals surface area contributed by atoms with Crippen LogP contribution < -0.4 is 16.4 Å². The van der Waals surface area contributed by atoms with Gasteiger partial charge in [-0.15, -0.1) is 5.10 Å². The van der Waals surface area contributed by atoms with E-state index in [9.17, 15) is 0 Å². The van der Waals surface area contributed by atoms with Crippen LogP contribution in [0.2, 0.25) is 0 Å². The van der Waals surface area contributed by atoms with Crippen molar-refractivity contribution in [2.75, 3.05) is 58.1 Å². The summed E-state index contributed by atoms with van der Waals surface area (Å²) in [6.07, 6.45) is 5.22. The molecule has 9 nitrogen and oxygen atoms in total. The molecule has 1 atom stereocenters. The second-order valence-electron chi connectivity index (χ2n) is 7.98. The fourth-order valence-electron chi connectivity index (χ4n) is 3.00. The standard InChI is InChI=1S/C20H30N7O2/c1-27(2,3)9-7-23-20-19(17-6-4-5-8-26(17)25-20)24-16-13-18(29-11-10-28)15(22)12-14(16)21/h4-6,8,12-13,16,22,24,28H,7,9-11,21H2,1-3H3,(H,23,25)/q+1. The number of nitrogens with one attached hydrogen (secondary N) is 3. The van der Waals surface area contributed by atoms with Gasteiger partial charge in [0.15, 0.2) is 5.82 Å². The third-order valence-corrected chi connectivity index (χ3v) is 4.52. The molecule has 29 heavy (non-hydrogen) atoms. The molecule has 0 spiro atoms. The molecular weight excluding hydrogens is 370 g/mol. The molecule has 2 heterocycles. The van der Waals surface area contributed by atoms with Crippen LogP contribution in [0, 0.1) is 5.41 Å². The Morgan fingerprint density at radius 3 is 2.86 bits per heavy atom. The Morgan fingerprint density at radius 1 is 1.34 bits per heavy atom. The van der Waals surface area contributed by atoms with E-state index in [0.29, 0.717) is 11.5 Å². The molecule has 0 saturated heterocycles. The Labute approximate surface area is 170 Å². The zero-order chi connectivity index (χ0) is 21.0. The Hall–Kier alpha value is -3.04. The van der Waals surface area contributed by atoms with Crippen molar-refractivity contribution in [1.29, 1.82) is 5.41 Å². The van der Waals surface area contributed by atoms with Gasteiger partial charge >= 0.3 is 0 Å². The van der Waals surface area contributed by atoms with E-state index in [2.05, 4.69) is 36.9 Å². The fourth-order valence-corrected chi connectivity index (χ4v) is 3.00. The molecule has 6 N–H and O–H groups in total. The van der Waals surface area contributed by atoms with Crippen molar-refractivity contribution in [3.05, 3.63) is 48.0 Å². The normalized spacial score (nSPS) is 17.1. The summed E-state index contributed by atoms with van der Waals surface area (Å²) in [6, 6.07) is 5.51. The maximum atomic E-state index is 9.00. The first kappa shape index (κ1) is 20.7. The number of ether oxygens (including phenoxy) is 1. The SMILES string of the molecule is C[N+](C)(C)CCNc1nn2ccccc2c1NC1C=C(OCCO)C(=N)C=C1N. The summed E-state index contributed by atoms with van der Waals surface area (Å²) in [5.41, 5.74) is 8.64. The van der Waals surface area contributed by atoms with Crippen LogP contribution in [-0.2, 0) is 4.74 Å². The highest BCUT2D eigenvalue weighted by Gasteiger charge is 2.23. The zero-order valence-corrected chi connectivity index (χ0v) is 17.1. The first-order valence-electron chi connectivity index (χ1n) is 9.58. The Balaban J connectivity index is 1.87. The molecule has 156 valence electrons. The summed E-state index contributed by atoms with van der Waals surface area (Å²) in [7, 11) is 6.43. The molecule has 1 aliphatic rings. The smallest absolute Gasteiger partial charge is 0.172 e. The monoisotopic (exact) mass is 400 g/mol. The van der Waals surface area contributed by atoms with Gasteiger partial charge in [0.2, 0.25) is 0 Å². The molecule has 9 heteroatoms. The van der Waals surface area contributed by atoms with Gasteiger partial charge in [0, 0.05) is 11.9 Å². The summed E-state index contributed by atoms with van der Waals surface area (Å²) in [5.74, 6) is 1.13. The maximum absolute atomic E-state index is 9.00. The molecule has 2 aromatic heterocycles. The van der Waals surface area contributed by atoms with E-state index in [-0.39, 0.29) is 25.0 Å². The number of aromatic nitrogens is 2. The topological polar surface area (TPSA) is 121 Å². The average Bonchev–Trinajstić information content (AvgIpc) is 2.99. The Bertz CT molecular complexity index is 940. The van der Waals surface area contributed by atoms with E-state index in [1.807, 2.05) is 28.9 Å². The van der Waals surface area contributed by atoms with Crippen molar-refractivity contribution in [2.45, 2.75) is 6.04 Å². The van der Waals surface area contributed by atoms with Gasteiger partial charge in [-0.2, -0.15) is 0 Å². The number of hydrogen-bond acceptors (Lipinski definition) is 7. The molecule has 0 radical (unpaired) electrons. The van der Waals surface area contributed by atoms with Gasteiger partial charge in [0.05, 0.1) is 58.1 Å². The molecular formula is C20H30N7O2+. The van der Waals surface area contributed by atoms with Crippen LogP contribution >= 0.6 is 0 Å². The number of hydrogen-bond donors (Lipinski definition) is 5. The molecule has 0 fully saturated rings. The number of likely N-dealkylation sites (N-methyl/N-ethyl adjacent to an activating group) is 1. The van der Waals surface area contributed by atoms with E-state index in [4.69, 9.17) is 21.0 Å². The van der Waals surface area contributed by atoms with Gasteiger partial charge < -0.3 is 30.7 Å². The molecule has 1 aliphatic carbocycles. The summed E-state index contributed by atoms with van der Waals surface area (Å²) < 4.78 is 8.13. The predicted molar refractivity (Wildman–Crippen MR) is 115 cm³/mol. The summed E-state index contributed by atoms with van der Waals surface area (Å²) in [4.78, 5) is 0. The zero-order valence-electron chi connectivity index (χ0n) is 17.1. The second-order valence-corrected chi connectivity index (χ2v) is 7.98. The van der Waals surface area contributed by atoms with E-state index < -0.39 is 0 Å². The lowest BCUT2D eigenvalue weighted by atomic mass is 10.0. The first-order valence-corrected chi connectivity index (χ1v) is 9.58. The number of quaternary nitrogens is 1. The lowest BCUT2D eigenvalue weighted by Crippen LogP contribution is -2.38. The highest BCUT2D eigenvalue weighted by Crippen LogP contribution is 2.29. The van der Waals surface area contributed by atoms with Crippen molar-refractivity contribution in [2.24, 2.45) is 5.73 Å². The molecule has 0 amide bonds.